The average molecular weight is 1410 g/mol. The number of aromatic nitrogens is 1. The molecule has 1 aromatic heterocycles. The lowest BCUT2D eigenvalue weighted by Gasteiger charge is -2.33. The molecule has 1 atom stereocenters. The van der Waals surface area contributed by atoms with Crippen LogP contribution >= 0.6 is 0 Å². The van der Waals surface area contributed by atoms with Gasteiger partial charge in [-0.25, -0.2) is 0 Å². The van der Waals surface area contributed by atoms with Crippen LogP contribution in [0.5, 0.6) is 0 Å². The lowest BCUT2D eigenvalue weighted by atomic mass is 9.70. The Morgan fingerprint density at radius 1 is 0.296 bits per heavy atom. The first-order valence-electron chi connectivity index (χ1n) is 41.5. The Balaban J connectivity index is 0.725. The lowest BCUT2D eigenvalue weighted by Crippen LogP contribution is -2.25. The van der Waals surface area contributed by atoms with Crippen LogP contribution in [0.2, 0.25) is 0 Å². The van der Waals surface area contributed by atoms with Gasteiger partial charge in [0.2, 0.25) is 0 Å². The Kier molecular flexibility index (Phi) is 18.0. The SMILES string of the molecule is CCCCCCCCCCC1(CCCCCCCC)c2ccccc2-c2ccc(-c3ccc4c(c3)C(C)(C)c3cc(-c5ccc(N(c6cccc(-n7c8ccc(C(C)(C)C)cc8c8cc(C(C)(C)C)ccc87)c6)c6ccc7c(c6)C(C)(C)c6cc8c(cc6-7)C(C)(C)c6ccc7ccccc7c6-8)cc5)ccc3-4)cc21. The molecule has 0 N–H and O–H groups in total. The minimum atomic E-state index is -0.269. The Labute approximate surface area is 645 Å². The highest BCUT2D eigenvalue weighted by atomic mass is 15.1. The van der Waals surface area contributed by atoms with Crippen molar-refractivity contribution in [2.45, 2.75) is 232 Å². The number of hydrogen-bond acceptors (Lipinski definition) is 1. The van der Waals surface area contributed by atoms with E-state index in [1.54, 1.807) is 11.1 Å². The van der Waals surface area contributed by atoms with E-state index >= 15 is 0 Å². The van der Waals surface area contributed by atoms with Gasteiger partial charge in [-0.2, -0.15) is 0 Å². The van der Waals surface area contributed by atoms with Crippen molar-refractivity contribution >= 4 is 49.6 Å². The van der Waals surface area contributed by atoms with Crippen LogP contribution in [0.3, 0.4) is 0 Å². The summed E-state index contributed by atoms with van der Waals surface area (Å²) in [6.45, 7) is 33.3. The van der Waals surface area contributed by atoms with Crippen LogP contribution in [0, 0.1) is 0 Å². The summed E-state index contributed by atoms with van der Waals surface area (Å²) in [5.74, 6) is 0. The van der Waals surface area contributed by atoms with Crippen LogP contribution in [-0.2, 0) is 32.5 Å². The second-order valence-corrected chi connectivity index (χ2v) is 36.6. The maximum Gasteiger partial charge on any atom is 0.0541 e. The molecule has 4 aliphatic rings. The quantitative estimate of drug-likeness (QED) is 0.0614. The maximum atomic E-state index is 2.65. The predicted molar refractivity (Wildman–Crippen MR) is 465 cm³/mol. The zero-order chi connectivity index (χ0) is 74.8. The molecule has 2 heteroatoms. The van der Waals surface area contributed by atoms with Crippen molar-refractivity contribution in [3.63, 3.8) is 0 Å². The number of benzene rings is 12. The third kappa shape index (κ3) is 11.9. The maximum absolute atomic E-state index is 2.65. The van der Waals surface area contributed by atoms with Crippen LogP contribution in [0.4, 0.5) is 17.1 Å². The van der Waals surface area contributed by atoms with Gasteiger partial charge in [-0.3, -0.25) is 0 Å². The molecule has 13 aromatic rings. The third-order valence-electron chi connectivity index (χ3n) is 26.6. The molecule has 0 saturated carbocycles. The van der Waals surface area contributed by atoms with Crippen molar-refractivity contribution in [3.05, 3.63) is 286 Å². The Morgan fingerprint density at radius 3 is 1.34 bits per heavy atom. The summed E-state index contributed by atoms with van der Waals surface area (Å²) in [4.78, 5) is 2.52. The molecule has 0 saturated heterocycles. The molecule has 0 aliphatic heterocycles. The van der Waals surface area contributed by atoms with E-state index in [1.165, 1.54) is 247 Å². The molecule has 546 valence electrons. The molecule has 0 radical (unpaired) electrons. The van der Waals surface area contributed by atoms with Gasteiger partial charge < -0.3 is 9.47 Å². The second kappa shape index (κ2) is 27.3. The Bertz CT molecular complexity index is 5590. The molecule has 2 nitrogen and oxygen atoms in total. The number of rotatable bonds is 22. The van der Waals surface area contributed by atoms with Crippen LogP contribution in [0.1, 0.15) is 255 Å². The van der Waals surface area contributed by atoms with Gasteiger partial charge in [0.1, 0.15) is 0 Å². The second-order valence-electron chi connectivity index (χ2n) is 36.6. The molecular weight excluding hydrogens is 1300 g/mol. The van der Waals surface area contributed by atoms with Gasteiger partial charge in [-0.05, 0) is 254 Å². The smallest absolute Gasteiger partial charge is 0.0541 e. The van der Waals surface area contributed by atoms with E-state index in [2.05, 4.69) is 337 Å². The van der Waals surface area contributed by atoms with E-state index in [0.29, 0.717) is 0 Å². The summed E-state index contributed by atoms with van der Waals surface area (Å²) in [6, 6.07) is 91.2. The van der Waals surface area contributed by atoms with E-state index in [-0.39, 0.29) is 32.5 Å². The highest BCUT2D eigenvalue weighted by Gasteiger charge is 2.45. The fourth-order valence-electron chi connectivity index (χ4n) is 20.3. The standard InChI is InChI=1S/C106H112N2/c1-15-17-19-21-23-24-26-32-59-106(58-31-25-22-20-18-16-2)90-39-30-29-38-81(90)84-53-44-73(62-97(84)106)72-43-52-83-82-51-42-71(60-92(82)104(11,12)93(83)61-72)69-40-48-76(49-41-69)107(77-35-33-36-78(65-77)108-98-56-46-74(101(3,4)5)63-87(98)88-64-75(102(6,7)8)47-57-99(88)108)79-50-54-85-86-67-96-89(68-95(86)105(13,14)94(85)66-79)100-80-37-28-27-34-70(80)45-55-91(100)103(96,9)10/h27-30,33-57,60-68H,15-26,31-32,58-59H2,1-14H3. The largest absolute Gasteiger partial charge is 0.310 e. The molecule has 0 bridgehead atoms. The summed E-state index contributed by atoms with van der Waals surface area (Å²) in [5, 5.41) is 5.22. The summed E-state index contributed by atoms with van der Waals surface area (Å²) >= 11 is 0. The average Bonchev–Trinajstić information content (AvgIpc) is 1.54. The molecule has 1 unspecified atom stereocenters. The lowest BCUT2D eigenvalue weighted by molar-refractivity contribution is 0.397. The van der Waals surface area contributed by atoms with Crippen molar-refractivity contribution in [1.82, 2.24) is 4.57 Å². The first-order valence-corrected chi connectivity index (χ1v) is 41.5. The zero-order valence-electron chi connectivity index (χ0n) is 67.1. The minimum Gasteiger partial charge on any atom is -0.310 e. The van der Waals surface area contributed by atoms with E-state index in [1.807, 2.05) is 0 Å². The van der Waals surface area contributed by atoms with Crippen molar-refractivity contribution in [2.24, 2.45) is 0 Å². The third-order valence-corrected chi connectivity index (χ3v) is 26.6. The fraction of sp³-hybridized carbons (Fsp3) is 0.340. The molecule has 4 aliphatic carbocycles. The zero-order valence-corrected chi connectivity index (χ0v) is 67.1. The number of anilines is 3. The van der Waals surface area contributed by atoms with Crippen LogP contribution < -0.4 is 4.90 Å². The van der Waals surface area contributed by atoms with E-state index in [4.69, 9.17) is 0 Å². The summed E-state index contributed by atoms with van der Waals surface area (Å²) in [6.07, 6.45) is 21.2. The van der Waals surface area contributed by atoms with Crippen LogP contribution in [0.15, 0.2) is 231 Å². The number of fused-ring (bicyclic) bond motifs is 17. The minimum absolute atomic E-state index is 0.00301. The van der Waals surface area contributed by atoms with Gasteiger partial charge >= 0.3 is 0 Å². The number of nitrogens with zero attached hydrogens (tertiary/aromatic N) is 2. The monoisotopic (exact) mass is 1410 g/mol. The van der Waals surface area contributed by atoms with Gasteiger partial charge in [0.15, 0.2) is 0 Å². The highest BCUT2D eigenvalue weighted by Crippen LogP contribution is 2.60. The van der Waals surface area contributed by atoms with Crippen molar-refractivity contribution in [2.75, 3.05) is 4.90 Å². The molecular formula is C106H112N2. The van der Waals surface area contributed by atoms with Gasteiger partial charge in [-0.15, -0.1) is 0 Å². The number of hydrogen-bond donors (Lipinski definition) is 0. The van der Waals surface area contributed by atoms with E-state index < -0.39 is 0 Å². The normalized spacial score (nSPS) is 16.0. The van der Waals surface area contributed by atoms with Crippen molar-refractivity contribution in [3.8, 4) is 72.4 Å². The molecule has 0 amide bonds. The van der Waals surface area contributed by atoms with Gasteiger partial charge in [-0.1, -0.05) is 320 Å². The fourth-order valence-corrected chi connectivity index (χ4v) is 20.3. The van der Waals surface area contributed by atoms with E-state index in [9.17, 15) is 0 Å². The van der Waals surface area contributed by atoms with Crippen LogP contribution in [0.25, 0.3) is 105 Å². The first kappa shape index (κ1) is 71.4. The Hall–Kier alpha value is -9.50. The summed E-state index contributed by atoms with van der Waals surface area (Å²) in [5.41, 5.74) is 36.8. The molecule has 0 spiro atoms. The molecule has 12 aromatic carbocycles. The molecule has 108 heavy (non-hydrogen) atoms. The summed E-state index contributed by atoms with van der Waals surface area (Å²) in [7, 11) is 0. The van der Waals surface area contributed by atoms with Crippen molar-refractivity contribution < 1.29 is 0 Å². The first-order chi connectivity index (χ1) is 52.0. The van der Waals surface area contributed by atoms with Crippen molar-refractivity contribution in [1.29, 1.82) is 0 Å². The van der Waals surface area contributed by atoms with Gasteiger partial charge in [0, 0.05) is 55.2 Å². The van der Waals surface area contributed by atoms with Gasteiger partial charge in [0.25, 0.3) is 0 Å². The highest BCUT2D eigenvalue weighted by molar-refractivity contribution is 6.10. The molecule has 17 rings (SSSR count). The predicted octanol–water partition coefficient (Wildman–Crippen LogP) is 30.8. The summed E-state index contributed by atoms with van der Waals surface area (Å²) < 4.78 is 2.51. The number of unbranched alkanes of at least 4 members (excludes halogenated alkanes) is 12. The van der Waals surface area contributed by atoms with E-state index in [0.717, 1.165) is 22.7 Å². The molecule has 0 fully saturated rings. The van der Waals surface area contributed by atoms with Crippen LogP contribution in [-0.4, -0.2) is 4.57 Å². The van der Waals surface area contributed by atoms with Gasteiger partial charge in [0.05, 0.1) is 11.0 Å². The topological polar surface area (TPSA) is 8.17 Å². The Morgan fingerprint density at radius 2 is 0.741 bits per heavy atom. The molecule has 1 heterocycles.